The van der Waals surface area contributed by atoms with Crippen LogP contribution >= 0.6 is 0 Å². The summed E-state index contributed by atoms with van der Waals surface area (Å²) >= 11 is 0. The number of phenolic OH excluding ortho intramolecular Hbond substituents is 2. The van der Waals surface area contributed by atoms with Gasteiger partial charge in [-0.1, -0.05) is 6.42 Å². The summed E-state index contributed by atoms with van der Waals surface area (Å²) in [6.07, 6.45) is 4.82. The topological polar surface area (TPSA) is 79.5 Å². The number of hydrogen-bond acceptors (Lipinski definition) is 5. The largest absolute Gasteiger partial charge is 0.508 e. The summed E-state index contributed by atoms with van der Waals surface area (Å²) in [4.78, 5) is 0. The maximum Gasteiger partial charge on any atom is 0.119 e. The minimum Gasteiger partial charge on any atom is -0.508 e. The van der Waals surface area contributed by atoms with Crippen molar-refractivity contribution in [3.05, 3.63) is 78.4 Å². The number of benzene rings is 3. The van der Waals surface area contributed by atoms with Gasteiger partial charge in [-0.3, -0.25) is 0 Å². The Balaban J connectivity index is 1.43. The summed E-state index contributed by atoms with van der Waals surface area (Å²) in [7, 11) is 0. The van der Waals surface area contributed by atoms with Gasteiger partial charge in [0.05, 0.1) is 23.7 Å². The molecular weight excluding hydrogens is 438 g/mol. The lowest BCUT2D eigenvalue weighted by atomic mass is 10.0. The Morgan fingerprint density at radius 1 is 0.886 bits per heavy atom. The van der Waals surface area contributed by atoms with Gasteiger partial charge in [0.25, 0.3) is 0 Å². The van der Waals surface area contributed by atoms with Crippen LogP contribution in [0.25, 0.3) is 28.2 Å². The molecule has 1 aromatic heterocycles. The zero-order chi connectivity index (χ0) is 24.2. The van der Waals surface area contributed by atoms with Crippen molar-refractivity contribution in [1.29, 1.82) is 0 Å². The molecule has 0 saturated carbocycles. The van der Waals surface area contributed by atoms with E-state index in [1.54, 1.807) is 24.3 Å². The van der Waals surface area contributed by atoms with Crippen molar-refractivity contribution >= 4 is 0 Å². The highest BCUT2D eigenvalue weighted by molar-refractivity contribution is 5.76. The lowest BCUT2D eigenvalue weighted by molar-refractivity contribution is 0.268. The average molecular weight is 470 g/mol. The predicted octanol–water partition coefficient (Wildman–Crippen LogP) is 5.84. The molecule has 1 fully saturated rings. The summed E-state index contributed by atoms with van der Waals surface area (Å²) in [6.45, 7) is 3.87. The molecular formula is C29H31N3O3. The van der Waals surface area contributed by atoms with E-state index in [2.05, 4.69) is 24.4 Å². The number of nitrogens with zero attached hydrogens (tertiary/aromatic N) is 2. The molecule has 2 heterocycles. The van der Waals surface area contributed by atoms with Gasteiger partial charge in [0.15, 0.2) is 0 Å². The fraction of sp³-hybridized carbons (Fsp3) is 0.276. The summed E-state index contributed by atoms with van der Waals surface area (Å²) < 4.78 is 7.93. The standard InChI is InChI=1S/C29H31N3O3/c1-20-28(21-5-11-25(33)12-6-21)31-32(24-9-13-26(34)14-10-24)29(20)22-7-15-27(16-8-22)35-19-17-23-4-2-3-18-30-23/h5-16,23,30,33-34H,2-4,17-19H2,1H3. The number of ether oxygens (including phenoxy) is 1. The lowest BCUT2D eigenvalue weighted by Crippen LogP contribution is -2.35. The first-order valence-electron chi connectivity index (χ1n) is 12.2. The number of piperidine rings is 1. The summed E-state index contributed by atoms with van der Waals surface area (Å²) in [6, 6.07) is 22.8. The van der Waals surface area contributed by atoms with Crippen molar-refractivity contribution in [1.82, 2.24) is 15.1 Å². The fourth-order valence-electron chi connectivity index (χ4n) is 4.71. The fourth-order valence-corrected chi connectivity index (χ4v) is 4.71. The number of aromatic nitrogens is 2. The van der Waals surface area contributed by atoms with E-state index in [-0.39, 0.29) is 11.5 Å². The summed E-state index contributed by atoms with van der Waals surface area (Å²) in [5, 5.41) is 28.0. The first-order valence-corrected chi connectivity index (χ1v) is 12.2. The highest BCUT2D eigenvalue weighted by atomic mass is 16.5. The van der Waals surface area contributed by atoms with E-state index >= 15 is 0 Å². The zero-order valence-electron chi connectivity index (χ0n) is 19.9. The molecule has 0 radical (unpaired) electrons. The van der Waals surface area contributed by atoms with Crippen LogP contribution in [-0.4, -0.2) is 39.2 Å². The number of nitrogens with one attached hydrogen (secondary N) is 1. The van der Waals surface area contributed by atoms with E-state index in [0.717, 1.165) is 52.5 Å². The molecule has 1 aliphatic rings. The van der Waals surface area contributed by atoms with Gasteiger partial charge in [0.2, 0.25) is 0 Å². The Morgan fingerprint density at radius 3 is 2.20 bits per heavy atom. The normalized spacial score (nSPS) is 15.7. The molecule has 180 valence electrons. The van der Waals surface area contributed by atoms with Gasteiger partial charge in [-0.25, -0.2) is 4.68 Å². The van der Waals surface area contributed by atoms with E-state index in [0.29, 0.717) is 12.6 Å². The molecule has 6 nitrogen and oxygen atoms in total. The molecule has 35 heavy (non-hydrogen) atoms. The molecule has 0 amide bonds. The van der Waals surface area contributed by atoms with Crippen molar-refractivity contribution in [3.8, 4) is 45.5 Å². The smallest absolute Gasteiger partial charge is 0.119 e. The summed E-state index contributed by atoms with van der Waals surface area (Å²) in [5.74, 6) is 1.29. The van der Waals surface area contributed by atoms with Crippen LogP contribution in [0.4, 0.5) is 0 Å². The maximum atomic E-state index is 9.77. The van der Waals surface area contributed by atoms with Gasteiger partial charge in [0.1, 0.15) is 17.2 Å². The minimum absolute atomic E-state index is 0.211. The highest BCUT2D eigenvalue weighted by Crippen LogP contribution is 2.35. The zero-order valence-corrected chi connectivity index (χ0v) is 19.9. The molecule has 1 saturated heterocycles. The third-order valence-corrected chi connectivity index (χ3v) is 6.63. The lowest BCUT2D eigenvalue weighted by Gasteiger charge is -2.23. The van der Waals surface area contributed by atoms with E-state index in [4.69, 9.17) is 9.84 Å². The monoisotopic (exact) mass is 469 g/mol. The molecule has 3 aromatic carbocycles. The van der Waals surface area contributed by atoms with Crippen LogP contribution in [0.5, 0.6) is 17.2 Å². The van der Waals surface area contributed by atoms with Crippen LogP contribution in [0.2, 0.25) is 0 Å². The number of rotatable bonds is 7. The Labute approximate surface area is 205 Å². The molecule has 6 heteroatoms. The second-order valence-corrected chi connectivity index (χ2v) is 9.11. The van der Waals surface area contributed by atoms with Crippen molar-refractivity contribution in [2.24, 2.45) is 0 Å². The van der Waals surface area contributed by atoms with Crippen molar-refractivity contribution < 1.29 is 14.9 Å². The average Bonchev–Trinajstić information content (AvgIpc) is 3.23. The van der Waals surface area contributed by atoms with Crippen LogP contribution in [0.3, 0.4) is 0 Å². The number of hydrogen-bond donors (Lipinski definition) is 3. The third-order valence-electron chi connectivity index (χ3n) is 6.63. The van der Waals surface area contributed by atoms with Gasteiger partial charge >= 0.3 is 0 Å². The second-order valence-electron chi connectivity index (χ2n) is 9.11. The van der Waals surface area contributed by atoms with Crippen LogP contribution in [0.1, 0.15) is 31.2 Å². The Kier molecular flexibility index (Phi) is 6.73. The molecule has 3 N–H and O–H groups in total. The summed E-state index contributed by atoms with van der Waals surface area (Å²) in [5.41, 5.74) is 5.64. The quantitative estimate of drug-likeness (QED) is 0.317. The minimum atomic E-state index is 0.211. The van der Waals surface area contributed by atoms with Crippen LogP contribution in [-0.2, 0) is 0 Å². The SMILES string of the molecule is Cc1c(-c2ccc(O)cc2)nn(-c2ccc(O)cc2)c1-c1ccc(OCCC2CCCCN2)cc1. The third kappa shape index (κ3) is 5.17. The molecule has 0 bridgehead atoms. The first kappa shape index (κ1) is 23.0. The van der Waals surface area contributed by atoms with Crippen molar-refractivity contribution in [3.63, 3.8) is 0 Å². The molecule has 0 spiro atoms. The number of phenols is 2. The molecule has 4 aromatic rings. The first-order chi connectivity index (χ1) is 17.1. The van der Waals surface area contributed by atoms with E-state index < -0.39 is 0 Å². The molecule has 1 unspecified atom stereocenters. The Bertz CT molecular complexity index is 1260. The van der Waals surface area contributed by atoms with Crippen molar-refractivity contribution in [2.45, 2.75) is 38.6 Å². The molecule has 1 atom stereocenters. The predicted molar refractivity (Wildman–Crippen MR) is 138 cm³/mol. The van der Waals surface area contributed by atoms with Crippen LogP contribution in [0.15, 0.2) is 72.8 Å². The van der Waals surface area contributed by atoms with E-state index in [9.17, 15) is 10.2 Å². The van der Waals surface area contributed by atoms with Crippen LogP contribution in [0, 0.1) is 6.92 Å². The Morgan fingerprint density at radius 2 is 1.54 bits per heavy atom. The van der Waals surface area contributed by atoms with Gasteiger partial charge in [-0.05, 0) is 106 Å². The van der Waals surface area contributed by atoms with Gasteiger partial charge in [-0.2, -0.15) is 5.10 Å². The molecule has 0 aliphatic carbocycles. The Hall–Kier alpha value is -3.77. The molecule has 1 aliphatic heterocycles. The highest BCUT2D eigenvalue weighted by Gasteiger charge is 2.19. The van der Waals surface area contributed by atoms with Gasteiger partial charge < -0.3 is 20.3 Å². The molecule has 5 rings (SSSR count). The van der Waals surface area contributed by atoms with E-state index in [1.807, 2.05) is 41.1 Å². The van der Waals surface area contributed by atoms with Crippen LogP contribution < -0.4 is 10.1 Å². The van der Waals surface area contributed by atoms with Gasteiger partial charge in [-0.15, -0.1) is 0 Å². The van der Waals surface area contributed by atoms with Gasteiger partial charge in [0, 0.05) is 22.7 Å². The maximum absolute atomic E-state index is 9.77. The van der Waals surface area contributed by atoms with E-state index in [1.165, 1.54) is 19.3 Å². The number of aromatic hydroxyl groups is 2. The second kappa shape index (κ2) is 10.2. The van der Waals surface area contributed by atoms with Crippen molar-refractivity contribution in [2.75, 3.05) is 13.2 Å².